The maximum atomic E-state index is 12.2. The molecule has 1 N–H and O–H groups in total. The third kappa shape index (κ3) is 3.77. The molecule has 5 heteroatoms. The van der Waals surface area contributed by atoms with E-state index in [4.69, 9.17) is 4.74 Å². The molecule has 1 fully saturated rings. The standard InChI is InChI=1S/C15H23N3O2/c1-4-18(8-13-7-5-6-12(2)17-13)14(19)9-20-15(3)10-16-11-15/h5-7,16H,4,8-11H2,1-3H3. The summed E-state index contributed by atoms with van der Waals surface area (Å²) in [4.78, 5) is 18.4. The largest absolute Gasteiger partial charge is 0.363 e. The van der Waals surface area contributed by atoms with Crippen molar-refractivity contribution in [2.75, 3.05) is 26.2 Å². The lowest BCUT2D eigenvalue weighted by Gasteiger charge is -2.39. The van der Waals surface area contributed by atoms with Crippen LogP contribution in [0, 0.1) is 6.92 Å². The molecule has 20 heavy (non-hydrogen) atoms. The van der Waals surface area contributed by atoms with Crippen LogP contribution >= 0.6 is 0 Å². The highest BCUT2D eigenvalue weighted by Gasteiger charge is 2.33. The Balaban J connectivity index is 1.88. The summed E-state index contributed by atoms with van der Waals surface area (Å²) in [6.07, 6.45) is 0. The topological polar surface area (TPSA) is 54.5 Å². The van der Waals surface area contributed by atoms with E-state index in [0.717, 1.165) is 24.5 Å². The maximum Gasteiger partial charge on any atom is 0.248 e. The second kappa shape index (κ2) is 6.33. The van der Waals surface area contributed by atoms with Crippen LogP contribution in [0.25, 0.3) is 0 Å². The summed E-state index contributed by atoms with van der Waals surface area (Å²) in [5.41, 5.74) is 1.70. The number of likely N-dealkylation sites (N-methyl/N-ethyl adjacent to an activating group) is 1. The number of amides is 1. The van der Waals surface area contributed by atoms with Crippen molar-refractivity contribution in [1.29, 1.82) is 0 Å². The maximum absolute atomic E-state index is 12.2. The van der Waals surface area contributed by atoms with Crippen molar-refractivity contribution in [3.63, 3.8) is 0 Å². The molecule has 110 valence electrons. The van der Waals surface area contributed by atoms with E-state index in [-0.39, 0.29) is 18.1 Å². The molecule has 2 heterocycles. The van der Waals surface area contributed by atoms with Crippen LogP contribution in [0.4, 0.5) is 0 Å². The van der Waals surface area contributed by atoms with E-state index in [1.165, 1.54) is 0 Å². The monoisotopic (exact) mass is 277 g/mol. The third-order valence-corrected chi connectivity index (χ3v) is 3.58. The number of carbonyl (C=O) groups is 1. The van der Waals surface area contributed by atoms with Crippen molar-refractivity contribution in [2.45, 2.75) is 32.9 Å². The number of pyridine rings is 1. The lowest BCUT2D eigenvalue weighted by Crippen LogP contribution is -2.59. The van der Waals surface area contributed by atoms with Gasteiger partial charge < -0.3 is 15.0 Å². The second-order valence-corrected chi connectivity index (χ2v) is 5.52. The highest BCUT2D eigenvalue weighted by molar-refractivity contribution is 5.77. The van der Waals surface area contributed by atoms with Crippen molar-refractivity contribution >= 4 is 5.91 Å². The molecule has 1 amide bonds. The summed E-state index contributed by atoms with van der Waals surface area (Å²) < 4.78 is 5.70. The van der Waals surface area contributed by atoms with Crippen molar-refractivity contribution < 1.29 is 9.53 Å². The summed E-state index contributed by atoms with van der Waals surface area (Å²) in [7, 11) is 0. The Kier molecular flexibility index (Phi) is 4.73. The second-order valence-electron chi connectivity index (χ2n) is 5.52. The van der Waals surface area contributed by atoms with Gasteiger partial charge in [0.2, 0.25) is 5.91 Å². The number of rotatable bonds is 6. The number of hydrogen-bond acceptors (Lipinski definition) is 4. The number of aryl methyl sites for hydroxylation is 1. The zero-order chi connectivity index (χ0) is 14.6. The van der Waals surface area contributed by atoms with E-state index >= 15 is 0 Å². The first kappa shape index (κ1) is 14.9. The SMILES string of the molecule is CCN(Cc1cccc(C)n1)C(=O)COC1(C)CNC1. The Bertz CT molecular complexity index is 472. The van der Waals surface area contributed by atoms with E-state index < -0.39 is 0 Å². The highest BCUT2D eigenvalue weighted by atomic mass is 16.5. The molecule has 0 bridgehead atoms. The zero-order valence-electron chi connectivity index (χ0n) is 12.5. The van der Waals surface area contributed by atoms with Gasteiger partial charge >= 0.3 is 0 Å². The molecule has 2 rings (SSSR count). The average Bonchev–Trinajstić information content (AvgIpc) is 2.40. The number of nitrogens with one attached hydrogen (secondary N) is 1. The highest BCUT2D eigenvalue weighted by Crippen LogP contribution is 2.15. The molecule has 0 unspecified atom stereocenters. The Labute approximate surface area is 120 Å². The van der Waals surface area contributed by atoms with Crippen LogP contribution in [0.2, 0.25) is 0 Å². The molecule has 1 aromatic heterocycles. The lowest BCUT2D eigenvalue weighted by atomic mass is 10.0. The van der Waals surface area contributed by atoms with Crippen LogP contribution in [0.1, 0.15) is 25.2 Å². The molecule has 1 aliphatic heterocycles. The predicted octanol–water partition coefficient (Wildman–Crippen LogP) is 1.12. The molecule has 0 spiro atoms. The molecule has 0 saturated carbocycles. The first-order chi connectivity index (χ1) is 9.52. The number of hydrogen-bond donors (Lipinski definition) is 1. The van der Waals surface area contributed by atoms with Gasteiger partial charge in [-0.25, -0.2) is 0 Å². The molecular formula is C15H23N3O2. The Morgan fingerprint density at radius 3 is 2.80 bits per heavy atom. The fourth-order valence-corrected chi connectivity index (χ4v) is 2.17. The van der Waals surface area contributed by atoms with Gasteiger partial charge in [0.15, 0.2) is 0 Å². The third-order valence-electron chi connectivity index (χ3n) is 3.58. The summed E-state index contributed by atoms with van der Waals surface area (Å²) >= 11 is 0. The van der Waals surface area contributed by atoms with Gasteiger partial charge in [0, 0.05) is 25.3 Å². The van der Waals surface area contributed by atoms with E-state index in [1.807, 2.05) is 39.0 Å². The molecular weight excluding hydrogens is 254 g/mol. The van der Waals surface area contributed by atoms with E-state index in [9.17, 15) is 4.79 Å². The van der Waals surface area contributed by atoms with Crippen LogP contribution in [0.3, 0.4) is 0 Å². The van der Waals surface area contributed by atoms with Crippen molar-refractivity contribution in [2.24, 2.45) is 0 Å². The molecule has 0 radical (unpaired) electrons. The van der Waals surface area contributed by atoms with Crippen molar-refractivity contribution in [3.05, 3.63) is 29.6 Å². The molecule has 0 aromatic carbocycles. The van der Waals surface area contributed by atoms with Crippen LogP contribution in [-0.4, -0.2) is 47.6 Å². The molecule has 1 aromatic rings. The van der Waals surface area contributed by atoms with E-state index in [2.05, 4.69) is 10.3 Å². The fraction of sp³-hybridized carbons (Fsp3) is 0.600. The Hall–Kier alpha value is -1.46. The molecule has 1 aliphatic rings. The first-order valence-corrected chi connectivity index (χ1v) is 7.07. The molecule has 0 aliphatic carbocycles. The van der Waals surface area contributed by atoms with Crippen LogP contribution < -0.4 is 5.32 Å². The Morgan fingerprint density at radius 1 is 1.50 bits per heavy atom. The summed E-state index contributed by atoms with van der Waals surface area (Å²) in [6, 6.07) is 5.86. The zero-order valence-corrected chi connectivity index (χ0v) is 12.5. The molecule has 5 nitrogen and oxygen atoms in total. The van der Waals surface area contributed by atoms with Crippen LogP contribution in [0.15, 0.2) is 18.2 Å². The van der Waals surface area contributed by atoms with Gasteiger partial charge in [-0.15, -0.1) is 0 Å². The van der Waals surface area contributed by atoms with Gasteiger partial charge in [-0.2, -0.15) is 0 Å². The number of carbonyl (C=O) groups excluding carboxylic acids is 1. The number of ether oxygens (including phenoxy) is 1. The van der Waals surface area contributed by atoms with E-state index in [1.54, 1.807) is 4.90 Å². The smallest absolute Gasteiger partial charge is 0.248 e. The summed E-state index contributed by atoms with van der Waals surface area (Å²) in [6.45, 7) is 8.91. The van der Waals surface area contributed by atoms with E-state index in [0.29, 0.717) is 13.1 Å². The minimum absolute atomic E-state index is 0.0175. The van der Waals surface area contributed by atoms with Gasteiger partial charge in [0.25, 0.3) is 0 Å². The average molecular weight is 277 g/mol. The minimum atomic E-state index is -0.184. The molecule has 1 saturated heterocycles. The van der Waals surface area contributed by atoms with Gasteiger partial charge in [0.1, 0.15) is 6.61 Å². The quantitative estimate of drug-likeness (QED) is 0.846. The predicted molar refractivity (Wildman–Crippen MR) is 77.3 cm³/mol. The number of nitrogens with zero attached hydrogens (tertiary/aromatic N) is 2. The van der Waals surface area contributed by atoms with Crippen molar-refractivity contribution in [1.82, 2.24) is 15.2 Å². The summed E-state index contributed by atoms with van der Waals surface area (Å²) in [5.74, 6) is 0.0175. The van der Waals surface area contributed by atoms with Gasteiger partial charge in [-0.3, -0.25) is 9.78 Å². The molecule has 0 atom stereocenters. The Morgan fingerprint density at radius 2 is 2.25 bits per heavy atom. The van der Waals surface area contributed by atoms with Gasteiger partial charge in [0.05, 0.1) is 17.8 Å². The summed E-state index contributed by atoms with van der Waals surface area (Å²) in [5, 5.41) is 3.15. The normalized spacial score (nSPS) is 16.6. The van der Waals surface area contributed by atoms with Crippen LogP contribution in [-0.2, 0) is 16.1 Å². The van der Waals surface area contributed by atoms with Gasteiger partial charge in [-0.1, -0.05) is 6.07 Å². The number of aromatic nitrogens is 1. The lowest BCUT2D eigenvalue weighted by molar-refractivity contribution is -0.146. The van der Waals surface area contributed by atoms with Crippen LogP contribution in [0.5, 0.6) is 0 Å². The van der Waals surface area contributed by atoms with Gasteiger partial charge in [-0.05, 0) is 32.9 Å². The minimum Gasteiger partial charge on any atom is -0.363 e. The fourth-order valence-electron chi connectivity index (χ4n) is 2.17. The van der Waals surface area contributed by atoms with Crippen molar-refractivity contribution in [3.8, 4) is 0 Å². The first-order valence-electron chi connectivity index (χ1n) is 7.07.